The average molecular weight is 300 g/mol. The number of benzene rings is 1. The van der Waals surface area contributed by atoms with Gasteiger partial charge in [0.05, 0.1) is 0 Å². The van der Waals surface area contributed by atoms with E-state index in [-0.39, 0.29) is 5.82 Å². The summed E-state index contributed by atoms with van der Waals surface area (Å²) in [6.07, 6.45) is 14.1. The van der Waals surface area contributed by atoms with E-state index in [4.69, 9.17) is 0 Å². The smallest absolute Gasteiger partial charge is 0.123 e. The minimum absolute atomic E-state index is 0.0832. The molecule has 1 aromatic carbocycles. The van der Waals surface area contributed by atoms with E-state index in [0.717, 1.165) is 17.8 Å². The summed E-state index contributed by atoms with van der Waals surface area (Å²) in [5.74, 6) is 3.28. The first kappa shape index (κ1) is 15.8. The fourth-order valence-electron chi connectivity index (χ4n) is 4.82. The van der Waals surface area contributed by atoms with Crippen LogP contribution >= 0.6 is 0 Å². The third kappa shape index (κ3) is 3.80. The Hall–Kier alpha value is -1.11. The third-order valence-electron chi connectivity index (χ3n) is 6.15. The second kappa shape index (κ2) is 7.44. The molecule has 22 heavy (non-hydrogen) atoms. The summed E-state index contributed by atoms with van der Waals surface area (Å²) >= 11 is 0. The van der Waals surface area contributed by atoms with Crippen LogP contribution in [0.5, 0.6) is 0 Å². The predicted molar refractivity (Wildman–Crippen MR) is 91.4 cm³/mol. The Balaban J connectivity index is 1.49. The van der Waals surface area contributed by atoms with Gasteiger partial charge < -0.3 is 0 Å². The lowest BCUT2D eigenvalue weighted by molar-refractivity contribution is 0.160. The Bertz CT molecular complexity index is 476. The highest BCUT2D eigenvalue weighted by Crippen LogP contribution is 2.44. The van der Waals surface area contributed by atoms with Crippen LogP contribution in [0, 0.1) is 23.6 Å². The molecule has 2 fully saturated rings. The van der Waals surface area contributed by atoms with Crippen LogP contribution in [0.4, 0.5) is 4.39 Å². The van der Waals surface area contributed by atoms with Gasteiger partial charge in [-0.05, 0) is 99.2 Å². The van der Waals surface area contributed by atoms with Crippen molar-refractivity contribution < 1.29 is 4.39 Å². The van der Waals surface area contributed by atoms with E-state index in [2.05, 4.69) is 18.7 Å². The maximum Gasteiger partial charge on any atom is 0.123 e. The van der Waals surface area contributed by atoms with E-state index in [1.54, 1.807) is 12.1 Å². The Labute approximate surface area is 134 Å². The molecule has 3 rings (SSSR count). The summed E-state index contributed by atoms with van der Waals surface area (Å²) in [6.45, 7) is 3.88. The maximum absolute atomic E-state index is 13.4. The van der Waals surface area contributed by atoms with Crippen molar-refractivity contribution in [3.63, 3.8) is 0 Å². The quantitative estimate of drug-likeness (QED) is 0.558. The Morgan fingerprint density at radius 2 is 1.59 bits per heavy atom. The van der Waals surface area contributed by atoms with Crippen LogP contribution in [-0.2, 0) is 0 Å². The van der Waals surface area contributed by atoms with Crippen molar-refractivity contribution in [1.82, 2.24) is 0 Å². The number of hydrogen-bond acceptors (Lipinski definition) is 0. The number of halogens is 1. The van der Waals surface area contributed by atoms with Gasteiger partial charge in [0.25, 0.3) is 0 Å². The minimum Gasteiger partial charge on any atom is -0.207 e. The molecule has 0 amide bonds. The van der Waals surface area contributed by atoms with Crippen molar-refractivity contribution in [3.05, 3.63) is 48.3 Å². The topological polar surface area (TPSA) is 0 Å². The van der Waals surface area contributed by atoms with Gasteiger partial charge in [-0.15, -0.1) is 6.58 Å². The van der Waals surface area contributed by atoms with Gasteiger partial charge in [-0.2, -0.15) is 0 Å². The summed E-state index contributed by atoms with van der Waals surface area (Å²) in [4.78, 5) is 0. The molecule has 2 aliphatic carbocycles. The molecular weight excluding hydrogens is 271 g/mol. The molecule has 0 nitrogen and oxygen atoms in total. The molecular formula is C21H29F. The molecule has 0 atom stereocenters. The van der Waals surface area contributed by atoms with E-state index < -0.39 is 0 Å². The first-order valence-electron chi connectivity index (χ1n) is 9.12. The molecule has 0 heterocycles. The standard InChI is InChI=1S/C21H29F/c1-2-4-16-7-9-17(10-8-16)18-11-13-19(14-12-18)20-5-3-6-21(22)15-20/h2-3,5-6,15-19H,1,4,7-14H2. The van der Waals surface area contributed by atoms with Crippen molar-refractivity contribution in [3.8, 4) is 0 Å². The maximum atomic E-state index is 13.4. The molecule has 0 spiro atoms. The monoisotopic (exact) mass is 300 g/mol. The summed E-state index contributed by atoms with van der Waals surface area (Å²) in [6, 6.07) is 7.26. The Kier molecular flexibility index (Phi) is 5.33. The highest BCUT2D eigenvalue weighted by molar-refractivity contribution is 5.21. The van der Waals surface area contributed by atoms with Crippen LogP contribution in [0.3, 0.4) is 0 Å². The summed E-state index contributed by atoms with van der Waals surface area (Å²) in [5.41, 5.74) is 1.22. The lowest BCUT2D eigenvalue weighted by Crippen LogP contribution is -2.25. The summed E-state index contributed by atoms with van der Waals surface area (Å²) in [7, 11) is 0. The highest BCUT2D eigenvalue weighted by atomic mass is 19.1. The second-order valence-electron chi connectivity index (χ2n) is 7.47. The molecule has 1 heteroatoms. The van der Waals surface area contributed by atoms with Crippen LogP contribution in [0.15, 0.2) is 36.9 Å². The van der Waals surface area contributed by atoms with Gasteiger partial charge in [0, 0.05) is 0 Å². The zero-order valence-electron chi connectivity index (χ0n) is 13.6. The molecule has 0 aromatic heterocycles. The van der Waals surface area contributed by atoms with E-state index in [0.29, 0.717) is 5.92 Å². The average Bonchev–Trinajstić information content (AvgIpc) is 2.56. The normalized spacial score (nSPS) is 32.6. The zero-order chi connectivity index (χ0) is 15.4. The molecule has 0 N–H and O–H groups in total. The van der Waals surface area contributed by atoms with Crippen LogP contribution in [0.2, 0.25) is 0 Å². The number of allylic oxidation sites excluding steroid dienone is 1. The minimum atomic E-state index is -0.0832. The van der Waals surface area contributed by atoms with Crippen LogP contribution in [-0.4, -0.2) is 0 Å². The van der Waals surface area contributed by atoms with Crippen LogP contribution in [0.1, 0.15) is 69.3 Å². The van der Waals surface area contributed by atoms with Gasteiger partial charge in [0.2, 0.25) is 0 Å². The van der Waals surface area contributed by atoms with Crippen molar-refractivity contribution in [2.45, 2.75) is 63.7 Å². The fourth-order valence-corrected chi connectivity index (χ4v) is 4.82. The van der Waals surface area contributed by atoms with Gasteiger partial charge in [-0.25, -0.2) is 4.39 Å². The van der Waals surface area contributed by atoms with Crippen molar-refractivity contribution in [2.24, 2.45) is 17.8 Å². The van der Waals surface area contributed by atoms with Gasteiger partial charge in [-0.1, -0.05) is 18.2 Å². The second-order valence-corrected chi connectivity index (χ2v) is 7.47. The molecule has 0 bridgehead atoms. The lowest BCUT2D eigenvalue weighted by Gasteiger charge is -2.38. The molecule has 2 aliphatic rings. The third-order valence-corrected chi connectivity index (χ3v) is 6.15. The van der Waals surface area contributed by atoms with Crippen LogP contribution in [0.25, 0.3) is 0 Å². The van der Waals surface area contributed by atoms with Gasteiger partial charge in [0.15, 0.2) is 0 Å². The van der Waals surface area contributed by atoms with Crippen molar-refractivity contribution in [2.75, 3.05) is 0 Å². The Morgan fingerprint density at radius 3 is 2.18 bits per heavy atom. The van der Waals surface area contributed by atoms with E-state index in [1.165, 1.54) is 63.4 Å². The molecule has 0 radical (unpaired) electrons. The Morgan fingerprint density at radius 1 is 0.955 bits per heavy atom. The largest absolute Gasteiger partial charge is 0.207 e. The summed E-state index contributed by atoms with van der Waals surface area (Å²) in [5, 5.41) is 0. The molecule has 0 saturated heterocycles. The first-order chi connectivity index (χ1) is 10.8. The van der Waals surface area contributed by atoms with E-state index in [1.807, 2.05) is 6.07 Å². The van der Waals surface area contributed by atoms with Gasteiger partial charge in [0.1, 0.15) is 5.82 Å². The predicted octanol–water partition coefficient (Wildman–Crippen LogP) is 6.48. The van der Waals surface area contributed by atoms with Gasteiger partial charge >= 0.3 is 0 Å². The molecule has 0 unspecified atom stereocenters. The lowest BCUT2D eigenvalue weighted by atomic mass is 9.68. The van der Waals surface area contributed by atoms with E-state index in [9.17, 15) is 4.39 Å². The number of rotatable bonds is 4. The molecule has 1 aromatic rings. The zero-order valence-corrected chi connectivity index (χ0v) is 13.6. The summed E-state index contributed by atoms with van der Waals surface area (Å²) < 4.78 is 13.4. The van der Waals surface area contributed by atoms with Gasteiger partial charge in [-0.3, -0.25) is 0 Å². The molecule has 0 aliphatic heterocycles. The SMILES string of the molecule is C=CCC1CCC(C2CCC(c3cccc(F)c3)CC2)CC1. The number of hydrogen-bond donors (Lipinski definition) is 0. The molecule has 2 saturated carbocycles. The van der Waals surface area contributed by atoms with E-state index >= 15 is 0 Å². The highest BCUT2D eigenvalue weighted by Gasteiger charge is 2.30. The molecule has 120 valence electrons. The van der Waals surface area contributed by atoms with Crippen molar-refractivity contribution >= 4 is 0 Å². The fraction of sp³-hybridized carbons (Fsp3) is 0.619. The first-order valence-corrected chi connectivity index (χ1v) is 9.12. The van der Waals surface area contributed by atoms with Crippen LogP contribution < -0.4 is 0 Å². The van der Waals surface area contributed by atoms with Crippen molar-refractivity contribution in [1.29, 1.82) is 0 Å².